The number of aryl methyl sites for hydroxylation is 1. The Labute approximate surface area is 195 Å². The Morgan fingerprint density at radius 2 is 1.94 bits per heavy atom. The number of fused-ring (bicyclic) bond motifs is 1. The summed E-state index contributed by atoms with van der Waals surface area (Å²) in [5.41, 5.74) is 7.76. The molecule has 34 heavy (non-hydrogen) atoms. The van der Waals surface area contributed by atoms with E-state index in [4.69, 9.17) is 5.73 Å². The first-order valence-electron chi connectivity index (χ1n) is 10.4. The first-order chi connectivity index (χ1) is 16.1. The topological polar surface area (TPSA) is 142 Å². The lowest BCUT2D eigenvalue weighted by Crippen LogP contribution is -2.30. The Hall–Kier alpha value is -4.03. The first-order valence-corrected chi connectivity index (χ1v) is 10.4. The standard InChI is InChI=1S/C22H23BFN7O3/c1-12-7-16-17(19(25)32)9-15(24)10-18(16)31(12)22-28-20(27-21(29-22)30(2)3)26-11-13-5-4-6-14(8-13)23(33)34/h4-10,33-34H,11H2,1-3H3,(H2,25,32)(H,26,27,28,29). The van der Waals surface area contributed by atoms with E-state index in [1.807, 2.05) is 6.07 Å². The maximum absolute atomic E-state index is 14.3. The van der Waals surface area contributed by atoms with Gasteiger partial charge in [-0.05, 0) is 36.1 Å². The molecule has 10 nitrogen and oxygen atoms in total. The van der Waals surface area contributed by atoms with Crippen LogP contribution in [0.1, 0.15) is 21.6 Å². The Balaban J connectivity index is 1.78. The van der Waals surface area contributed by atoms with Gasteiger partial charge in [-0.1, -0.05) is 24.3 Å². The molecule has 0 radical (unpaired) electrons. The molecule has 4 aromatic rings. The van der Waals surface area contributed by atoms with E-state index >= 15 is 0 Å². The van der Waals surface area contributed by atoms with Crippen molar-refractivity contribution in [2.45, 2.75) is 13.5 Å². The SMILES string of the molecule is Cc1cc2c(C(N)=O)cc(F)cc2n1-c1nc(NCc2cccc(B(O)O)c2)nc(N(C)C)n1. The van der Waals surface area contributed by atoms with E-state index in [-0.39, 0.29) is 17.5 Å². The number of nitrogens with one attached hydrogen (secondary N) is 1. The quantitative estimate of drug-likeness (QED) is 0.294. The van der Waals surface area contributed by atoms with Crippen LogP contribution in [0.4, 0.5) is 16.3 Å². The molecule has 2 heterocycles. The van der Waals surface area contributed by atoms with Crippen molar-refractivity contribution in [3.05, 3.63) is 65.1 Å². The highest BCUT2D eigenvalue weighted by Gasteiger charge is 2.19. The molecule has 2 aromatic carbocycles. The third-order valence-electron chi connectivity index (χ3n) is 5.25. The van der Waals surface area contributed by atoms with Crippen LogP contribution in [0, 0.1) is 12.7 Å². The molecule has 0 spiro atoms. The normalized spacial score (nSPS) is 11.0. The molecule has 1 amide bonds. The predicted octanol–water partition coefficient (Wildman–Crippen LogP) is 0.720. The van der Waals surface area contributed by atoms with Crippen molar-refractivity contribution in [3.8, 4) is 5.95 Å². The average molecular weight is 463 g/mol. The van der Waals surface area contributed by atoms with E-state index in [1.54, 1.807) is 54.8 Å². The lowest BCUT2D eigenvalue weighted by atomic mass is 9.80. The van der Waals surface area contributed by atoms with E-state index in [0.717, 1.165) is 11.6 Å². The van der Waals surface area contributed by atoms with Gasteiger partial charge < -0.3 is 26.0 Å². The van der Waals surface area contributed by atoms with Crippen LogP contribution in [0.25, 0.3) is 16.9 Å². The molecule has 0 unspecified atom stereocenters. The third-order valence-corrected chi connectivity index (χ3v) is 5.25. The van der Waals surface area contributed by atoms with Gasteiger partial charge in [0.1, 0.15) is 5.82 Å². The molecule has 0 fully saturated rings. The second-order valence-electron chi connectivity index (χ2n) is 8.00. The first kappa shape index (κ1) is 23.1. The van der Waals surface area contributed by atoms with Crippen LogP contribution in [0.3, 0.4) is 0 Å². The van der Waals surface area contributed by atoms with Gasteiger partial charge >= 0.3 is 7.12 Å². The van der Waals surface area contributed by atoms with E-state index < -0.39 is 18.8 Å². The van der Waals surface area contributed by atoms with Crippen molar-refractivity contribution in [2.24, 2.45) is 5.73 Å². The minimum Gasteiger partial charge on any atom is -0.423 e. The molecular formula is C22H23BFN7O3. The number of carbonyl (C=O) groups is 1. The fourth-order valence-corrected chi connectivity index (χ4v) is 3.65. The van der Waals surface area contributed by atoms with Gasteiger partial charge in [0.25, 0.3) is 0 Å². The lowest BCUT2D eigenvalue weighted by Gasteiger charge is -2.15. The van der Waals surface area contributed by atoms with E-state index in [0.29, 0.717) is 34.6 Å². The number of hydrogen-bond donors (Lipinski definition) is 4. The zero-order chi connectivity index (χ0) is 24.6. The Morgan fingerprint density at radius 1 is 1.18 bits per heavy atom. The largest absolute Gasteiger partial charge is 0.488 e. The molecule has 0 atom stereocenters. The second-order valence-corrected chi connectivity index (χ2v) is 8.00. The summed E-state index contributed by atoms with van der Waals surface area (Å²) in [6.07, 6.45) is 0. The number of nitrogens with zero attached hydrogens (tertiary/aromatic N) is 5. The molecule has 4 rings (SSSR count). The molecule has 0 bridgehead atoms. The van der Waals surface area contributed by atoms with Gasteiger partial charge in [0.2, 0.25) is 23.8 Å². The third kappa shape index (κ3) is 4.54. The van der Waals surface area contributed by atoms with Crippen LogP contribution in [0.5, 0.6) is 0 Å². The maximum atomic E-state index is 14.3. The van der Waals surface area contributed by atoms with Gasteiger partial charge in [0.05, 0.1) is 11.1 Å². The van der Waals surface area contributed by atoms with Gasteiger partial charge in [-0.2, -0.15) is 15.0 Å². The van der Waals surface area contributed by atoms with E-state index in [9.17, 15) is 19.2 Å². The number of halogens is 1. The van der Waals surface area contributed by atoms with Gasteiger partial charge in [-0.25, -0.2) is 4.39 Å². The molecule has 174 valence electrons. The predicted molar refractivity (Wildman–Crippen MR) is 128 cm³/mol. The number of primary amides is 1. The summed E-state index contributed by atoms with van der Waals surface area (Å²) in [6.45, 7) is 2.10. The monoisotopic (exact) mass is 463 g/mol. The Bertz CT molecular complexity index is 1390. The van der Waals surface area contributed by atoms with E-state index in [1.165, 1.54) is 6.07 Å². The number of aromatic nitrogens is 4. The van der Waals surface area contributed by atoms with Crippen molar-refractivity contribution in [1.82, 2.24) is 19.5 Å². The second kappa shape index (κ2) is 9.08. The highest BCUT2D eigenvalue weighted by molar-refractivity contribution is 6.58. The molecule has 0 aliphatic carbocycles. The molecule has 0 saturated heterocycles. The molecule has 0 aliphatic heterocycles. The number of benzene rings is 2. The molecule has 12 heteroatoms. The molecule has 2 aromatic heterocycles. The van der Waals surface area contributed by atoms with Crippen LogP contribution < -0.4 is 21.4 Å². The van der Waals surface area contributed by atoms with Crippen molar-refractivity contribution >= 4 is 41.3 Å². The number of rotatable bonds is 7. The van der Waals surface area contributed by atoms with Gasteiger partial charge in [0.15, 0.2) is 0 Å². The highest BCUT2D eigenvalue weighted by Crippen LogP contribution is 2.27. The number of carbonyl (C=O) groups excluding carboxylic acids is 1. The summed E-state index contributed by atoms with van der Waals surface area (Å²) < 4.78 is 15.9. The minimum absolute atomic E-state index is 0.0723. The van der Waals surface area contributed by atoms with Gasteiger partial charge in [-0.15, -0.1) is 0 Å². The van der Waals surface area contributed by atoms with Crippen molar-refractivity contribution < 1.29 is 19.2 Å². The van der Waals surface area contributed by atoms with Crippen LogP contribution in [0.2, 0.25) is 0 Å². The van der Waals surface area contributed by atoms with Crippen LogP contribution in [-0.4, -0.2) is 56.7 Å². The Kier molecular flexibility index (Phi) is 6.18. The molecule has 5 N–H and O–H groups in total. The summed E-state index contributed by atoms with van der Waals surface area (Å²) in [7, 11) is 1.99. The summed E-state index contributed by atoms with van der Waals surface area (Å²) in [5.74, 6) is -0.485. The lowest BCUT2D eigenvalue weighted by molar-refractivity contribution is 0.100. The number of amides is 1. The van der Waals surface area contributed by atoms with Crippen LogP contribution in [-0.2, 0) is 6.54 Å². The van der Waals surface area contributed by atoms with Crippen molar-refractivity contribution in [3.63, 3.8) is 0 Å². The van der Waals surface area contributed by atoms with Gasteiger partial charge in [-0.3, -0.25) is 9.36 Å². The molecular weight excluding hydrogens is 440 g/mol. The molecule has 0 saturated carbocycles. The van der Waals surface area contributed by atoms with Crippen molar-refractivity contribution in [2.75, 3.05) is 24.3 Å². The van der Waals surface area contributed by atoms with Crippen molar-refractivity contribution in [1.29, 1.82) is 0 Å². The number of anilines is 2. The number of nitrogens with two attached hydrogens (primary N) is 1. The summed E-state index contributed by atoms with van der Waals surface area (Å²) in [6, 6.07) is 10.9. The summed E-state index contributed by atoms with van der Waals surface area (Å²) in [4.78, 5) is 27.0. The number of hydrogen-bond acceptors (Lipinski definition) is 8. The zero-order valence-electron chi connectivity index (χ0n) is 18.8. The maximum Gasteiger partial charge on any atom is 0.488 e. The fraction of sp³-hybridized carbons (Fsp3) is 0.182. The zero-order valence-corrected chi connectivity index (χ0v) is 18.8. The van der Waals surface area contributed by atoms with E-state index in [2.05, 4.69) is 20.3 Å². The van der Waals surface area contributed by atoms with Crippen LogP contribution >= 0.6 is 0 Å². The smallest absolute Gasteiger partial charge is 0.423 e. The van der Waals surface area contributed by atoms with Crippen LogP contribution in [0.15, 0.2) is 42.5 Å². The Morgan fingerprint density at radius 3 is 2.62 bits per heavy atom. The average Bonchev–Trinajstić information content (AvgIpc) is 3.12. The molecule has 0 aliphatic rings. The summed E-state index contributed by atoms with van der Waals surface area (Å²) in [5, 5.41) is 22.4. The van der Waals surface area contributed by atoms with Gasteiger partial charge in [0, 0.05) is 31.7 Å². The highest BCUT2D eigenvalue weighted by atomic mass is 19.1. The fourth-order valence-electron chi connectivity index (χ4n) is 3.65. The minimum atomic E-state index is -1.57. The summed E-state index contributed by atoms with van der Waals surface area (Å²) >= 11 is 0.